The average Bonchev–Trinajstić information content (AvgIpc) is 2.54. The third-order valence-electron chi connectivity index (χ3n) is 3.98. The first-order valence-electron chi connectivity index (χ1n) is 7.30. The summed E-state index contributed by atoms with van der Waals surface area (Å²) >= 11 is 0. The van der Waals surface area contributed by atoms with Gasteiger partial charge < -0.3 is 25.4 Å². The van der Waals surface area contributed by atoms with Gasteiger partial charge in [-0.05, 0) is 13.0 Å². The predicted octanol–water partition coefficient (Wildman–Crippen LogP) is 1.03. The van der Waals surface area contributed by atoms with Gasteiger partial charge in [-0.15, -0.1) is 0 Å². The summed E-state index contributed by atoms with van der Waals surface area (Å²) < 4.78 is 10.6. The van der Waals surface area contributed by atoms with Gasteiger partial charge in [-0.25, -0.2) is 4.98 Å². The molecule has 1 aromatic heterocycles. The zero-order chi connectivity index (χ0) is 15.7. The minimum absolute atomic E-state index is 0.325. The topological polar surface area (TPSA) is 85.5 Å². The Morgan fingerprint density at radius 1 is 1.23 bits per heavy atom. The second-order valence-electron chi connectivity index (χ2n) is 5.38. The predicted molar refractivity (Wildman–Crippen MR) is 86.7 cm³/mol. The lowest BCUT2D eigenvalue weighted by atomic mass is 10.2. The minimum atomic E-state index is 0.325. The fourth-order valence-corrected chi connectivity index (χ4v) is 2.73. The Balaban J connectivity index is 2.10. The number of hydrogen-bond acceptors (Lipinski definition) is 7. The highest BCUT2D eigenvalue weighted by molar-refractivity contribution is 5.91. The second-order valence-corrected chi connectivity index (χ2v) is 5.38. The maximum atomic E-state index is 6.13. The molecule has 1 aliphatic heterocycles. The van der Waals surface area contributed by atoms with Gasteiger partial charge in [0, 0.05) is 37.1 Å². The number of nitrogen functional groups attached to an aromatic ring is 1. The number of fused-ring (bicyclic) bond motifs is 1. The van der Waals surface area contributed by atoms with E-state index in [1.54, 1.807) is 14.2 Å². The Labute approximate surface area is 129 Å². The molecule has 1 saturated heterocycles. The van der Waals surface area contributed by atoms with Crippen LogP contribution in [0.4, 0.5) is 11.8 Å². The van der Waals surface area contributed by atoms with Crippen LogP contribution in [0, 0.1) is 0 Å². The summed E-state index contributed by atoms with van der Waals surface area (Å²) in [6.07, 6.45) is 0. The highest BCUT2D eigenvalue weighted by Gasteiger charge is 2.22. The summed E-state index contributed by atoms with van der Waals surface area (Å²) in [6.45, 7) is 4.83. The van der Waals surface area contributed by atoms with Gasteiger partial charge in [0.25, 0.3) is 0 Å². The van der Waals surface area contributed by atoms with Crippen molar-refractivity contribution in [2.75, 3.05) is 44.5 Å². The van der Waals surface area contributed by atoms with E-state index in [2.05, 4.69) is 27.1 Å². The molecule has 2 aromatic rings. The summed E-state index contributed by atoms with van der Waals surface area (Å²) in [5.41, 5.74) is 6.89. The summed E-state index contributed by atoms with van der Waals surface area (Å²) in [7, 11) is 3.20. The molecule has 1 aromatic carbocycles. The molecule has 0 radical (unpaired) electrons. The molecule has 0 saturated carbocycles. The lowest BCUT2D eigenvalue weighted by Crippen LogP contribution is -2.50. The van der Waals surface area contributed by atoms with Crippen molar-refractivity contribution in [3.8, 4) is 11.5 Å². The fraction of sp³-hybridized carbons (Fsp3) is 0.467. The number of ether oxygens (including phenoxy) is 2. The Morgan fingerprint density at radius 3 is 2.64 bits per heavy atom. The van der Waals surface area contributed by atoms with Gasteiger partial charge in [-0.3, -0.25) is 0 Å². The molecule has 2 heterocycles. The molecule has 118 valence electrons. The molecule has 1 unspecified atom stereocenters. The molecule has 0 spiro atoms. The molecular weight excluding hydrogens is 282 g/mol. The monoisotopic (exact) mass is 303 g/mol. The number of aromatic nitrogens is 2. The van der Waals surface area contributed by atoms with Crippen LogP contribution in [0.25, 0.3) is 10.9 Å². The summed E-state index contributed by atoms with van der Waals surface area (Å²) in [4.78, 5) is 11.3. The third-order valence-corrected chi connectivity index (χ3v) is 3.98. The zero-order valence-electron chi connectivity index (χ0n) is 13.1. The van der Waals surface area contributed by atoms with Crippen molar-refractivity contribution < 1.29 is 9.47 Å². The number of piperazine rings is 1. The van der Waals surface area contributed by atoms with Gasteiger partial charge in [-0.2, -0.15) is 4.98 Å². The van der Waals surface area contributed by atoms with E-state index in [4.69, 9.17) is 15.2 Å². The van der Waals surface area contributed by atoms with Crippen molar-refractivity contribution in [3.63, 3.8) is 0 Å². The van der Waals surface area contributed by atoms with Crippen LogP contribution >= 0.6 is 0 Å². The van der Waals surface area contributed by atoms with Crippen molar-refractivity contribution in [2.24, 2.45) is 0 Å². The lowest BCUT2D eigenvalue weighted by Gasteiger charge is -2.34. The highest BCUT2D eigenvalue weighted by Crippen LogP contribution is 2.34. The van der Waals surface area contributed by atoms with Gasteiger partial charge in [0.05, 0.1) is 19.7 Å². The van der Waals surface area contributed by atoms with Gasteiger partial charge in [-0.1, -0.05) is 0 Å². The van der Waals surface area contributed by atoms with Crippen molar-refractivity contribution in [2.45, 2.75) is 13.0 Å². The van der Waals surface area contributed by atoms with Crippen molar-refractivity contribution in [1.82, 2.24) is 15.3 Å². The average molecular weight is 303 g/mol. The first-order valence-corrected chi connectivity index (χ1v) is 7.30. The third kappa shape index (κ3) is 2.48. The first kappa shape index (κ1) is 14.6. The van der Waals surface area contributed by atoms with Crippen molar-refractivity contribution >= 4 is 22.7 Å². The number of nitrogens with two attached hydrogens (primary N) is 1. The van der Waals surface area contributed by atoms with Crippen LogP contribution in [-0.4, -0.2) is 49.9 Å². The van der Waals surface area contributed by atoms with E-state index in [0.717, 1.165) is 30.5 Å². The second kappa shape index (κ2) is 5.84. The smallest absolute Gasteiger partial charge is 0.228 e. The lowest BCUT2D eigenvalue weighted by molar-refractivity contribution is 0.356. The number of anilines is 2. The number of benzene rings is 1. The van der Waals surface area contributed by atoms with Gasteiger partial charge in [0.1, 0.15) is 5.82 Å². The van der Waals surface area contributed by atoms with E-state index in [1.807, 2.05) is 12.1 Å². The number of nitrogens with one attached hydrogen (secondary N) is 1. The Kier molecular flexibility index (Phi) is 3.89. The summed E-state index contributed by atoms with van der Waals surface area (Å²) in [6, 6.07) is 3.97. The normalized spacial score (nSPS) is 18.5. The summed E-state index contributed by atoms with van der Waals surface area (Å²) in [5.74, 6) is 2.36. The van der Waals surface area contributed by atoms with Crippen LogP contribution in [0.3, 0.4) is 0 Å². The maximum absolute atomic E-state index is 6.13. The Morgan fingerprint density at radius 2 is 1.95 bits per heavy atom. The van der Waals surface area contributed by atoms with E-state index < -0.39 is 0 Å². The molecule has 1 atom stereocenters. The van der Waals surface area contributed by atoms with Crippen molar-refractivity contribution in [1.29, 1.82) is 0 Å². The highest BCUT2D eigenvalue weighted by atomic mass is 16.5. The molecule has 0 bridgehead atoms. The van der Waals surface area contributed by atoms with Crippen LogP contribution in [0.15, 0.2) is 12.1 Å². The largest absolute Gasteiger partial charge is 0.493 e. The standard InChI is InChI=1S/C15H21N5O2/c1-9-8-17-4-5-20(9)15-18-11-7-13(22-3)12(21-2)6-10(11)14(16)19-15/h6-7,9,17H,4-5,8H2,1-3H3,(H2,16,18,19). The molecule has 0 aliphatic carbocycles. The van der Waals surface area contributed by atoms with Crippen LogP contribution < -0.4 is 25.4 Å². The Hall–Kier alpha value is -2.28. The summed E-state index contributed by atoms with van der Waals surface area (Å²) in [5, 5.41) is 4.12. The van der Waals surface area contributed by atoms with E-state index >= 15 is 0 Å². The quantitative estimate of drug-likeness (QED) is 0.875. The van der Waals surface area contributed by atoms with Crippen LogP contribution in [0.5, 0.6) is 11.5 Å². The Bertz CT molecular complexity index is 691. The number of hydrogen-bond donors (Lipinski definition) is 2. The number of rotatable bonds is 3. The van der Waals surface area contributed by atoms with Crippen LogP contribution in [0.1, 0.15) is 6.92 Å². The van der Waals surface area contributed by atoms with E-state index in [9.17, 15) is 0 Å². The fourth-order valence-electron chi connectivity index (χ4n) is 2.73. The number of nitrogens with zero attached hydrogens (tertiary/aromatic N) is 3. The maximum Gasteiger partial charge on any atom is 0.228 e. The molecule has 3 N–H and O–H groups in total. The zero-order valence-corrected chi connectivity index (χ0v) is 13.1. The van der Waals surface area contributed by atoms with E-state index in [1.165, 1.54) is 0 Å². The molecule has 7 heteroatoms. The van der Waals surface area contributed by atoms with Gasteiger partial charge >= 0.3 is 0 Å². The van der Waals surface area contributed by atoms with Crippen molar-refractivity contribution in [3.05, 3.63) is 12.1 Å². The first-order chi connectivity index (χ1) is 10.6. The molecular formula is C15H21N5O2. The molecule has 7 nitrogen and oxygen atoms in total. The van der Waals surface area contributed by atoms with Crippen LogP contribution in [0.2, 0.25) is 0 Å². The number of methoxy groups -OCH3 is 2. The van der Waals surface area contributed by atoms with Gasteiger partial charge in [0.15, 0.2) is 11.5 Å². The minimum Gasteiger partial charge on any atom is -0.493 e. The molecule has 0 amide bonds. The van der Waals surface area contributed by atoms with Crippen LogP contribution in [-0.2, 0) is 0 Å². The molecule has 1 fully saturated rings. The van der Waals surface area contributed by atoms with E-state index in [0.29, 0.717) is 29.3 Å². The molecule has 3 rings (SSSR count). The molecule has 22 heavy (non-hydrogen) atoms. The van der Waals surface area contributed by atoms with Gasteiger partial charge in [0.2, 0.25) is 5.95 Å². The molecule has 1 aliphatic rings. The SMILES string of the molecule is COc1cc2nc(N3CCNCC3C)nc(N)c2cc1OC. The van der Waals surface area contributed by atoms with E-state index in [-0.39, 0.29) is 0 Å².